The third-order valence-corrected chi connectivity index (χ3v) is 1.66. The van der Waals surface area contributed by atoms with Crippen molar-refractivity contribution < 1.29 is 0 Å². The summed E-state index contributed by atoms with van der Waals surface area (Å²) in [6.45, 7) is 0. The van der Waals surface area contributed by atoms with Crippen molar-refractivity contribution in [2.24, 2.45) is 4.99 Å². The number of halogens is 1. The van der Waals surface area contributed by atoms with Gasteiger partial charge >= 0.3 is 0 Å². The largest absolute Gasteiger partial charge is 0.277 e. The van der Waals surface area contributed by atoms with E-state index in [-0.39, 0.29) is 0 Å². The van der Waals surface area contributed by atoms with Crippen LogP contribution in [0.15, 0.2) is 29.3 Å². The topological polar surface area (TPSA) is 36.1 Å². The highest BCUT2D eigenvalue weighted by atomic mass is 35.5. The number of nitriles is 1. The van der Waals surface area contributed by atoms with E-state index >= 15 is 0 Å². The quantitative estimate of drug-likeness (QED) is 0.608. The lowest BCUT2D eigenvalue weighted by atomic mass is 10.1. The van der Waals surface area contributed by atoms with Crippen LogP contribution in [0.3, 0.4) is 0 Å². The van der Waals surface area contributed by atoms with Crippen LogP contribution in [0.2, 0.25) is 5.02 Å². The molecule has 0 atom stereocenters. The molecule has 0 radical (unpaired) electrons. The van der Waals surface area contributed by atoms with Crippen molar-refractivity contribution in [3.63, 3.8) is 0 Å². The van der Waals surface area contributed by atoms with E-state index in [1.807, 2.05) is 6.07 Å². The maximum absolute atomic E-state index is 8.65. The molecule has 0 fully saturated rings. The van der Waals surface area contributed by atoms with Gasteiger partial charge in [-0.1, -0.05) is 23.7 Å². The average molecular weight is 179 g/mol. The Morgan fingerprint density at radius 3 is 2.83 bits per heavy atom. The molecular weight excluding hydrogens is 172 g/mol. The lowest BCUT2D eigenvalue weighted by Crippen LogP contribution is -1.95. The normalized spacial score (nSPS) is 10.9. The summed E-state index contributed by atoms with van der Waals surface area (Å²) in [5.41, 5.74) is 1.16. The summed E-state index contributed by atoms with van der Waals surface area (Å²) in [6, 6.07) is 9.06. The van der Waals surface area contributed by atoms with Gasteiger partial charge in [0.2, 0.25) is 0 Å². The molecule has 0 saturated heterocycles. The van der Waals surface area contributed by atoms with Crippen molar-refractivity contribution in [1.29, 1.82) is 5.26 Å². The Balaban J connectivity index is 3.13. The first-order valence-electron chi connectivity index (χ1n) is 3.40. The van der Waals surface area contributed by atoms with Gasteiger partial charge in [-0.05, 0) is 12.1 Å². The fourth-order valence-corrected chi connectivity index (χ4v) is 1.07. The monoisotopic (exact) mass is 178 g/mol. The van der Waals surface area contributed by atoms with Crippen LogP contribution >= 0.6 is 11.6 Å². The zero-order valence-corrected chi connectivity index (χ0v) is 7.34. The highest BCUT2D eigenvalue weighted by Crippen LogP contribution is 2.11. The maximum atomic E-state index is 8.65. The highest BCUT2D eigenvalue weighted by molar-refractivity contribution is 6.31. The maximum Gasteiger partial charge on any atom is 0.142 e. The Bertz CT molecular complexity index is 350. The molecule has 0 aliphatic rings. The first-order chi connectivity index (χ1) is 5.77. The zero-order chi connectivity index (χ0) is 8.97. The van der Waals surface area contributed by atoms with E-state index < -0.39 is 0 Å². The van der Waals surface area contributed by atoms with Gasteiger partial charge in [0, 0.05) is 17.6 Å². The molecule has 0 spiro atoms. The molecule has 60 valence electrons. The molecule has 0 saturated carbocycles. The standard InChI is InChI=1S/C9H7ClN2/c1-12-9(6-11)7-3-2-4-8(10)5-7/h2-5H,1H3. The second-order valence-electron chi connectivity index (χ2n) is 2.19. The lowest BCUT2D eigenvalue weighted by Gasteiger charge is -1.96. The molecule has 0 aliphatic heterocycles. The molecular formula is C9H7ClN2. The van der Waals surface area contributed by atoms with Crippen LogP contribution < -0.4 is 0 Å². The molecule has 0 amide bonds. The van der Waals surface area contributed by atoms with E-state index in [1.165, 1.54) is 0 Å². The summed E-state index contributed by atoms with van der Waals surface area (Å²) in [6.07, 6.45) is 0. The van der Waals surface area contributed by atoms with E-state index in [2.05, 4.69) is 4.99 Å². The first kappa shape index (κ1) is 8.76. The number of benzene rings is 1. The fourth-order valence-electron chi connectivity index (χ4n) is 0.879. The molecule has 0 unspecified atom stereocenters. The van der Waals surface area contributed by atoms with Crippen LogP contribution in [0, 0.1) is 11.3 Å². The predicted molar refractivity (Wildman–Crippen MR) is 49.5 cm³/mol. The summed E-state index contributed by atoms with van der Waals surface area (Å²) in [5.74, 6) is 0. The van der Waals surface area contributed by atoms with Crippen LogP contribution in [0.25, 0.3) is 0 Å². The van der Waals surface area contributed by atoms with Crippen molar-refractivity contribution >= 4 is 17.3 Å². The van der Waals surface area contributed by atoms with Crippen molar-refractivity contribution in [2.75, 3.05) is 7.05 Å². The third kappa shape index (κ3) is 1.84. The number of aliphatic imine (C=N–C) groups is 1. The van der Waals surface area contributed by atoms with Crippen LogP contribution in [-0.2, 0) is 0 Å². The van der Waals surface area contributed by atoms with Crippen molar-refractivity contribution in [2.45, 2.75) is 0 Å². The first-order valence-corrected chi connectivity index (χ1v) is 3.78. The molecule has 0 N–H and O–H groups in total. The van der Waals surface area contributed by atoms with E-state index in [1.54, 1.807) is 31.3 Å². The Morgan fingerprint density at radius 1 is 1.58 bits per heavy atom. The molecule has 0 heterocycles. The van der Waals surface area contributed by atoms with Crippen molar-refractivity contribution in [3.05, 3.63) is 34.9 Å². The summed E-state index contributed by atoms with van der Waals surface area (Å²) in [5, 5.41) is 9.26. The number of hydrogen-bond donors (Lipinski definition) is 0. The summed E-state index contributed by atoms with van der Waals surface area (Å²) in [4.78, 5) is 3.81. The van der Waals surface area contributed by atoms with Gasteiger partial charge < -0.3 is 0 Å². The van der Waals surface area contributed by atoms with Crippen molar-refractivity contribution in [3.8, 4) is 6.07 Å². The number of hydrogen-bond acceptors (Lipinski definition) is 2. The molecule has 0 aromatic heterocycles. The number of nitrogens with zero attached hydrogens (tertiary/aromatic N) is 2. The minimum absolute atomic E-state index is 0.400. The lowest BCUT2D eigenvalue weighted by molar-refractivity contribution is 1.42. The van der Waals surface area contributed by atoms with E-state index in [4.69, 9.17) is 16.9 Å². The predicted octanol–water partition coefficient (Wildman–Crippen LogP) is 2.28. The molecule has 3 heteroatoms. The highest BCUT2D eigenvalue weighted by Gasteiger charge is 2.00. The minimum Gasteiger partial charge on any atom is -0.277 e. The average Bonchev–Trinajstić information content (AvgIpc) is 2.07. The van der Waals surface area contributed by atoms with Gasteiger partial charge in [0.25, 0.3) is 0 Å². The SMILES string of the molecule is CN=C(C#N)c1cccc(Cl)c1. The van der Waals surface area contributed by atoms with E-state index in [0.717, 1.165) is 5.56 Å². The van der Waals surface area contributed by atoms with Crippen LogP contribution in [-0.4, -0.2) is 12.8 Å². The Labute approximate surface area is 76.1 Å². The van der Waals surface area contributed by atoms with Gasteiger partial charge in [-0.15, -0.1) is 0 Å². The molecule has 2 nitrogen and oxygen atoms in total. The molecule has 12 heavy (non-hydrogen) atoms. The molecule has 0 aliphatic carbocycles. The second-order valence-corrected chi connectivity index (χ2v) is 2.63. The molecule has 1 aromatic carbocycles. The Morgan fingerprint density at radius 2 is 2.33 bits per heavy atom. The summed E-state index contributed by atoms with van der Waals surface area (Å²) >= 11 is 5.74. The van der Waals surface area contributed by atoms with Crippen LogP contribution in [0.5, 0.6) is 0 Å². The minimum atomic E-state index is 0.400. The molecule has 1 aromatic rings. The van der Waals surface area contributed by atoms with Crippen molar-refractivity contribution in [1.82, 2.24) is 0 Å². The Hall–Kier alpha value is -1.33. The zero-order valence-electron chi connectivity index (χ0n) is 6.58. The van der Waals surface area contributed by atoms with E-state index in [9.17, 15) is 0 Å². The summed E-state index contributed by atoms with van der Waals surface area (Å²) in [7, 11) is 1.58. The van der Waals surface area contributed by atoms with Gasteiger partial charge in [0.1, 0.15) is 11.8 Å². The van der Waals surface area contributed by atoms with Crippen LogP contribution in [0.4, 0.5) is 0 Å². The smallest absolute Gasteiger partial charge is 0.142 e. The van der Waals surface area contributed by atoms with Gasteiger partial charge in [-0.25, -0.2) is 0 Å². The van der Waals surface area contributed by atoms with Gasteiger partial charge in [0.15, 0.2) is 0 Å². The van der Waals surface area contributed by atoms with Gasteiger partial charge in [-0.3, -0.25) is 4.99 Å². The van der Waals surface area contributed by atoms with E-state index in [0.29, 0.717) is 10.7 Å². The second kappa shape index (κ2) is 3.89. The van der Waals surface area contributed by atoms with Crippen LogP contribution in [0.1, 0.15) is 5.56 Å². The molecule has 0 bridgehead atoms. The van der Waals surface area contributed by atoms with Gasteiger partial charge in [0.05, 0.1) is 0 Å². The Kier molecular flexibility index (Phi) is 2.84. The fraction of sp³-hybridized carbons (Fsp3) is 0.111. The molecule has 1 rings (SSSR count). The number of rotatable bonds is 1. The third-order valence-electron chi connectivity index (χ3n) is 1.43. The summed E-state index contributed by atoms with van der Waals surface area (Å²) < 4.78 is 0. The van der Waals surface area contributed by atoms with Gasteiger partial charge in [-0.2, -0.15) is 5.26 Å².